The lowest BCUT2D eigenvalue weighted by Crippen LogP contribution is -2.10. The summed E-state index contributed by atoms with van der Waals surface area (Å²) in [5, 5.41) is 16.9. The molecule has 0 bridgehead atoms. The van der Waals surface area contributed by atoms with E-state index in [-0.39, 0.29) is 5.69 Å². The van der Waals surface area contributed by atoms with Crippen molar-refractivity contribution in [2.24, 2.45) is 0 Å². The van der Waals surface area contributed by atoms with Gasteiger partial charge in [0.2, 0.25) is 0 Å². The number of carbonyl (C=O) groups is 1. The van der Waals surface area contributed by atoms with Crippen LogP contribution in [-0.2, 0) is 0 Å². The molecular weight excluding hydrogens is 218 g/mol. The van der Waals surface area contributed by atoms with Crippen LogP contribution < -0.4 is 0 Å². The van der Waals surface area contributed by atoms with E-state index in [1.54, 1.807) is 6.92 Å². The third kappa shape index (κ3) is 1.91. The Balaban J connectivity index is 2.68. The smallest absolute Gasteiger partial charge is 0.356 e. The van der Waals surface area contributed by atoms with Crippen molar-refractivity contribution in [3.05, 3.63) is 40.7 Å². The molecular formula is C12H13N3O2. The van der Waals surface area contributed by atoms with E-state index >= 15 is 0 Å². The van der Waals surface area contributed by atoms with Crippen LogP contribution in [0.2, 0.25) is 0 Å². The number of carboxylic acid groups (broad SMARTS) is 1. The van der Waals surface area contributed by atoms with Gasteiger partial charge in [-0.25, -0.2) is 9.48 Å². The lowest BCUT2D eigenvalue weighted by Gasteiger charge is -2.08. The Morgan fingerprint density at radius 1 is 1.29 bits per heavy atom. The molecule has 0 saturated carbocycles. The van der Waals surface area contributed by atoms with Gasteiger partial charge >= 0.3 is 5.97 Å². The number of benzene rings is 1. The molecule has 0 atom stereocenters. The molecule has 0 spiro atoms. The molecule has 1 aromatic heterocycles. The second-order valence-corrected chi connectivity index (χ2v) is 4.03. The summed E-state index contributed by atoms with van der Waals surface area (Å²) < 4.78 is 1.38. The minimum atomic E-state index is -1.02. The summed E-state index contributed by atoms with van der Waals surface area (Å²) >= 11 is 0. The molecule has 0 aliphatic heterocycles. The number of hydrogen-bond donors (Lipinski definition) is 1. The van der Waals surface area contributed by atoms with E-state index in [0.29, 0.717) is 5.69 Å². The van der Waals surface area contributed by atoms with Gasteiger partial charge in [-0.1, -0.05) is 17.3 Å². The van der Waals surface area contributed by atoms with Crippen LogP contribution in [0.4, 0.5) is 0 Å². The molecule has 0 unspecified atom stereocenters. The van der Waals surface area contributed by atoms with E-state index in [9.17, 15) is 4.79 Å². The molecule has 2 rings (SSSR count). The molecule has 1 heterocycles. The summed E-state index contributed by atoms with van der Waals surface area (Å²) in [6.07, 6.45) is 0. The van der Waals surface area contributed by atoms with Gasteiger partial charge in [-0.3, -0.25) is 0 Å². The topological polar surface area (TPSA) is 68.0 Å². The van der Waals surface area contributed by atoms with Crippen molar-refractivity contribution in [2.45, 2.75) is 20.8 Å². The number of hydrogen-bond acceptors (Lipinski definition) is 3. The Kier molecular flexibility index (Phi) is 2.67. The van der Waals surface area contributed by atoms with Gasteiger partial charge in [-0.05, 0) is 38.0 Å². The number of aryl methyl sites for hydroxylation is 3. The van der Waals surface area contributed by atoms with Gasteiger partial charge in [-0.2, -0.15) is 0 Å². The molecule has 0 aliphatic rings. The first-order valence-electron chi connectivity index (χ1n) is 5.24. The normalized spacial score (nSPS) is 10.5. The molecule has 5 heteroatoms. The fourth-order valence-corrected chi connectivity index (χ4v) is 1.72. The van der Waals surface area contributed by atoms with Crippen LogP contribution in [0.5, 0.6) is 0 Å². The zero-order valence-corrected chi connectivity index (χ0v) is 9.93. The van der Waals surface area contributed by atoms with Crippen molar-refractivity contribution in [2.75, 3.05) is 0 Å². The number of rotatable bonds is 2. The van der Waals surface area contributed by atoms with Crippen molar-refractivity contribution in [1.29, 1.82) is 0 Å². The number of carboxylic acids is 1. The Morgan fingerprint density at radius 3 is 2.65 bits per heavy atom. The molecule has 0 saturated heterocycles. The molecule has 0 radical (unpaired) electrons. The van der Waals surface area contributed by atoms with E-state index in [0.717, 1.165) is 16.8 Å². The van der Waals surface area contributed by atoms with Gasteiger partial charge in [-0.15, -0.1) is 5.10 Å². The second kappa shape index (κ2) is 4.01. The highest BCUT2D eigenvalue weighted by Crippen LogP contribution is 2.18. The number of nitrogens with zero attached hydrogens (tertiary/aromatic N) is 3. The summed E-state index contributed by atoms with van der Waals surface area (Å²) in [4.78, 5) is 11.2. The van der Waals surface area contributed by atoms with Crippen molar-refractivity contribution in [3.8, 4) is 5.69 Å². The summed E-state index contributed by atoms with van der Waals surface area (Å²) in [7, 11) is 0. The first kappa shape index (κ1) is 11.3. The van der Waals surface area contributed by atoms with E-state index in [2.05, 4.69) is 10.3 Å². The largest absolute Gasteiger partial charge is 0.476 e. The predicted octanol–water partition coefficient (Wildman–Crippen LogP) is 1.89. The minimum Gasteiger partial charge on any atom is -0.476 e. The predicted molar refractivity (Wildman–Crippen MR) is 62.5 cm³/mol. The first-order chi connectivity index (χ1) is 8.00. The Bertz CT molecular complexity index is 587. The summed E-state index contributed by atoms with van der Waals surface area (Å²) in [5.74, 6) is -1.02. The minimum absolute atomic E-state index is 0.110. The van der Waals surface area contributed by atoms with Crippen LogP contribution in [0, 0.1) is 20.8 Å². The quantitative estimate of drug-likeness (QED) is 0.857. The van der Waals surface area contributed by atoms with Crippen LogP contribution in [0.25, 0.3) is 5.69 Å². The summed E-state index contributed by atoms with van der Waals surface area (Å²) in [6, 6.07) is 5.81. The highest BCUT2D eigenvalue weighted by molar-refractivity contribution is 5.87. The molecule has 17 heavy (non-hydrogen) atoms. The van der Waals surface area contributed by atoms with Gasteiger partial charge in [0.1, 0.15) is 0 Å². The number of aromatic nitrogens is 3. The maximum atomic E-state index is 11.2. The van der Waals surface area contributed by atoms with E-state index in [1.807, 2.05) is 32.0 Å². The summed E-state index contributed by atoms with van der Waals surface area (Å²) in [5.41, 5.74) is 3.29. The fourth-order valence-electron chi connectivity index (χ4n) is 1.72. The molecule has 1 N–H and O–H groups in total. The molecule has 1 aromatic carbocycles. The van der Waals surface area contributed by atoms with E-state index in [4.69, 9.17) is 5.11 Å². The van der Waals surface area contributed by atoms with Crippen LogP contribution >= 0.6 is 0 Å². The van der Waals surface area contributed by atoms with Crippen LogP contribution in [0.15, 0.2) is 18.2 Å². The highest BCUT2D eigenvalue weighted by atomic mass is 16.4. The molecule has 0 aliphatic carbocycles. The van der Waals surface area contributed by atoms with Crippen LogP contribution in [0.3, 0.4) is 0 Å². The zero-order valence-electron chi connectivity index (χ0n) is 9.93. The average Bonchev–Trinajstić information content (AvgIpc) is 2.64. The molecule has 0 fully saturated rings. The molecule has 88 valence electrons. The van der Waals surface area contributed by atoms with Gasteiger partial charge in [0, 0.05) is 0 Å². The third-order valence-corrected chi connectivity index (χ3v) is 2.63. The van der Waals surface area contributed by atoms with Crippen LogP contribution in [0.1, 0.15) is 27.3 Å². The van der Waals surface area contributed by atoms with Crippen molar-refractivity contribution in [3.63, 3.8) is 0 Å². The van der Waals surface area contributed by atoms with Crippen LogP contribution in [-0.4, -0.2) is 26.1 Å². The summed E-state index contributed by atoms with van der Waals surface area (Å²) in [6.45, 7) is 5.50. The fraction of sp³-hybridized carbons (Fsp3) is 0.250. The van der Waals surface area contributed by atoms with Crippen molar-refractivity contribution in [1.82, 2.24) is 15.0 Å². The molecule has 0 amide bonds. The Hall–Kier alpha value is -2.17. The van der Waals surface area contributed by atoms with Gasteiger partial charge in [0.05, 0.1) is 11.4 Å². The first-order valence-corrected chi connectivity index (χ1v) is 5.24. The van der Waals surface area contributed by atoms with E-state index in [1.165, 1.54) is 4.68 Å². The Morgan fingerprint density at radius 2 is 2.00 bits per heavy atom. The van der Waals surface area contributed by atoms with Gasteiger partial charge < -0.3 is 5.11 Å². The SMILES string of the molecule is Cc1ccc(C)c(-n2nnc(C)c2C(=O)O)c1. The van der Waals surface area contributed by atoms with Crippen molar-refractivity contribution < 1.29 is 9.90 Å². The lowest BCUT2D eigenvalue weighted by atomic mass is 10.1. The molecule has 5 nitrogen and oxygen atoms in total. The maximum Gasteiger partial charge on any atom is 0.356 e. The number of aromatic carboxylic acids is 1. The zero-order chi connectivity index (χ0) is 12.6. The molecule has 2 aromatic rings. The lowest BCUT2D eigenvalue weighted by molar-refractivity contribution is 0.0686. The standard InChI is InChI=1S/C12H13N3O2/c1-7-4-5-8(2)10(6-7)15-11(12(16)17)9(3)13-14-15/h4-6H,1-3H3,(H,16,17). The van der Waals surface area contributed by atoms with Gasteiger partial charge in [0.15, 0.2) is 5.69 Å². The Labute approximate surface area is 98.7 Å². The average molecular weight is 231 g/mol. The monoisotopic (exact) mass is 231 g/mol. The highest BCUT2D eigenvalue weighted by Gasteiger charge is 2.18. The maximum absolute atomic E-state index is 11.2. The van der Waals surface area contributed by atoms with Crippen molar-refractivity contribution >= 4 is 5.97 Å². The van der Waals surface area contributed by atoms with E-state index < -0.39 is 5.97 Å². The van der Waals surface area contributed by atoms with Gasteiger partial charge in [0.25, 0.3) is 0 Å². The third-order valence-electron chi connectivity index (χ3n) is 2.63. The second-order valence-electron chi connectivity index (χ2n) is 4.03.